The van der Waals surface area contributed by atoms with Crippen molar-refractivity contribution in [1.82, 2.24) is 0 Å². The van der Waals surface area contributed by atoms with Crippen molar-refractivity contribution in [2.24, 2.45) is 5.92 Å². The van der Waals surface area contributed by atoms with Gasteiger partial charge in [-0.25, -0.2) is 13.2 Å². The highest BCUT2D eigenvalue weighted by atomic mass is 32.2. The number of hydrogen-bond acceptors (Lipinski definition) is 3. The molecular formula is C17H22O3S. The molecule has 0 amide bonds. The number of aryl methyl sites for hydroxylation is 1. The maximum atomic E-state index is 12.7. The first kappa shape index (κ1) is 16.0. The van der Waals surface area contributed by atoms with Gasteiger partial charge < -0.3 is 0 Å². The smallest absolute Gasteiger partial charge is 0.185 e. The first-order valence-corrected chi connectivity index (χ1v) is 9.07. The Kier molecular flexibility index (Phi) is 5.02. The van der Waals surface area contributed by atoms with E-state index < -0.39 is 15.1 Å². The number of sulfone groups is 1. The molecule has 0 radical (unpaired) electrons. The van der Waals surface area contributed by atoms with Crippen molar-refractivity contribution in [3.05, 3.63) is 35.4 Å². The van der Waals surface area contributed by atoms with Gasteiger partial charge in [-0.15, -0.1) is 0 Å². The molecule has 0 spiro atoms. The normalized spacial score (nSPS) is 18.0. The fourth-order valence-corrected chi connectivity index (χ4v) is 4.51. The SMILES string of the molecule is Cc1ccc(S(=O)(=O)C(C)C(=C=O)C2CCCCC2)cc1. The van der Waals surface area contributed by atoms with Crippen LogP contribution >= 0.6 is 0 Å². The molecule has 3 nitrogen and oxygen atoms in total. The Morgan fingerprint density at radius 2 is 1.71 bits per heavy atom. The van der Waals surface area contributed by atoms with Crippen LogP contribution in [0, 0.1) is 12.8 Å². The van der Waals surface area contributed by atoms with E-state index in [1.165, 1.54) is 6.42 Å². The van der Waals surface area contributed by atoms with E-state index in [1.54, 1.807) is 31.2 Å². The first-order valence-electron chi connectivity index (χ1n) is 7.52. The fourth-order valence-electron chi connectivity index (χ4n) is 3.01. The number of rotatable bonds is 4. The molecule has 1 aliphatic carbocycles. The molecule has 0 aliphatic heterocycles. The second-order valence-electron chi connectivity index (χ2n) is 5.89. The third kappa shape index (κ3) is 3.45. The lowest BCUT2D eigenvalue weighted by atomic mass is 9.83. The molecule has 0 bridgehead atoms. The van der Waals surface area contributed by atoms with Crippen LogP contribution in [0.25, 0.3) is 0 Å². The van der Waals surface area contributed by atoms with Gasteiger partial charge in [0.1, 0.15) is 5.94 Å². The molecule has 1 aliphatic rings. The van der Waals surface area contributed by atoms with Crippen molar-refractivity contribution in [2.45, 2.75) is 56.1 Å². The van der Waals surface area contributed by atoms with Crippen molar-refractivity contribution < 1.29 is 13.2 Å². The molecule has 0 aromatic heterocycles. The second kappa shape index (κ2) is 6.59. The Labute approximate surface area is 127 Å². The molecule has 1 saturated carbocycles. The van der Waals surface area contributed by atoms with E-state index in [1.807, 2.05) is 12.9 Å². The molecule has 1 unspecified atom stereocenters. The molecule has 1 aromatic carbocycles. The lowest BCUT2D eigenvalue weighted by Gasteiger charge is -2.25. The maximum Gasteiger partial charge on any atom is 0.185 e. The van der Waals surface area contributed by atoms with Crippen LogP contribution in [0.1, 0.15) is 44.6 Å². The van der Waals surface area contributed by atoms with Crippen LogP contribution in [-0.2, 0) is 14.6 Å². The van der Waals surface area contributed by atoms with Crippen LogP contribution in [-0.4, -0.2) is 19.6 Å². The number of hydrogen-bond donors (Lipinski definition) is 0. The maximum absolute atomic E-state index is 12.7. The van der Waals surface area contributed by atoms with Gasteiger partial charge >= 0.3 is 0 Å². The zero-order chi connectivity index (χ0) is 15.5. The number of benzene rings is 1. The van der Waals surface area contributed by atoms with Crippen molar-refractivity contribution in [3.8, 4) is 0 Å². The highest BCUT2D eigenvalue weighted by Gasteiger charge is 2.32. The van der Waals surface area contributed by atoms with Crippen molar-refractivity contribution >= 4 is 15.8 Å². The second-order valence-corrected chi connectivity index (χ2v) is 8.16. The predicted octanol–water partition coefficient (Wildman–Crippen LogP) is 3.50. The van der Waals surface area contributed by atoms with Gasteiger partial charge in [-0.3, -0.25) is 0 Å². The van der Waals surface area contributed by atoms with Crippen LogP contribution in [0.5, 0.6) is 0 Å². The minimum atomic E-state index is -3.52. The molecule has 0 N–H and O–H groups in total. The quantitative estimate of drug-likeness (QED) is 0.800. The van der Waals surface area contributed by atoms with E-state index in [-0.39, 0.29) is 10.8 Å². The average molecular weight is 306 g/mol. The summed E-state index contributed by atoms with van der Waals surface area (Å²) in [5.74, 6) is 2.02. The monoisotopic (exact) mass is 306 g/mol. The molecule has 114 valence electrons. The average Bonchev–Trinajstić information content (AvgIpc) is 2.49. The van der Waals surface area contributed by atoms with Gasteiger partial charge in [0, 0.05) is 5.57 Å². The van der Waals surface area contributed by atoms with Crippen LogP contribution in [0.4, 0.5) is 0 Å². The highest BCUT2D eigenvalue weighted by Crippen LogP contribution is 2.33. The Balaban J connectivity index is 2.29. The molecular weight excluding hydrogens is 284 g/mol. The molecule has 1 aromatic rings. The Morgan fingerprint density at radius 3 is 2.24 bits per heavy atom. The van der Waals surface area contributed by atoms with Crippen LogP contribution < -0.4 is 0 Å². The van der Waals surface area contributed by atoms with Gasteiger partial charge in [0.15, 0.2) is 9.84 Å². The molecule has 1 fully saturated rings. The Bertz CT molecular complexity index is 631. The summed E-state index contributed by atoms with van der Waals surface area (Å²) < 4.78 is 25.4. The van der Waals surface area contributed by atoms with E-state index in [0.29, 0.717) is 5.57 Å². The van der Waals surface area contributed by atoms with Gasteiger partial charge in [-0.2, -0.15) is 0 Å². The summed E-state index contributed by atoms with van der Waals surface area (Å²) in [6.07, 6.45) is 5.10. The predicted molar refractivity (Wildman–Crippen MR) is 83.6 cm³/mol. The molecule has 1 atom stereocenters. The van der Waals surface area contributed by atoms with Crippen molar-refractivity contribution in [2.75, 3.05) is 0 Å². The Morgan fingerprint density at radius 1 is 1.14 bits per heavy atom. The van der Waals surface area contributed by atoms with E-state index in [0.717, 1.165) is 31.2 Å². The first-order chi connectivity index (χ1) is 9.96. The lowest BCUT2D eigenvalue weighted by molar-refractivity contribution is 0.396. The van der Waals surface area contributed by atoms with Gasteiger partial charge in [-0.05, 0) is 44.7 Å². The molecule has 0 heterocycles. The van der Waals surface area contributed by atoms with Crippen molar-refractivity contribution in [1.29, 1.82) is 0 Å². The van der Waals surface area contributed by atoms with E-state index in [9.17, 15) is 13.2 Å². The molecule has 2 rings (SSSR count). The highest BCUT2D eigenvalue weighted by molar-refractivity contribution is 7.92. The summed E-state index contributed by atoms with van der Waals surface area (Å²) in [5.41, 5.74) is 1.44. The summed E-state index contributed by atoms with van der Waals surface area (Å²) in [4.78, 5) is 11.6. The summed E-state index contributed by atoms with van der Waals surface area (Å²) >= 11 is 0. The topological polar surface area (TPSA) is 51.2 Å². The van der Waals surface area contributed by atoms with Crippen LogP contribution in [0.3, 0.4) is 0 Å². The Hall–Kier alpha value is -1.38. The summed E-state index contributed by atoms with van der Waals surface area (Å²) in [7, 11) is -3.52. The molecule has 0 saturated heterocycles. The summed E-state index contributed by atoms with van der Waals surface area (Å²) in [6.45, 7) is 3.53. The molecule has 21 heavy (non-hydrogen) atoms. The van der Waals surface area contributed by atoms with Gasteiger partial charge in [0.25, 0.3) is 0 Å². The van der Waals surface area contributed by atoms with Gasteiger partial charge in [0.05, 0.1) is 10.1 Å². The summed E-state index contributed by atoms with van der Waals surface area (Å²) in [5, 5.41) is -0.791. The third-order valence-electron chi connectivity index (χ3n) is 4.42. The van der Waals surface area contributed by atoms with Crippen LogP contribution in [0.15, 0.2) is 34.7 Å². The zero-order valence-corrected chi connectivity index (χ0v) is 13.4. The van der Waals surface area contributed by atoms with E-state index in [4.69, 9.17) is 0 Å². The van der Waals surface area contributed by atoms with Gasteiger partial charge in [0.2, 0.25) is 0 Å². The minimum Gasteiger partial charge on any atom is -0.233 e. The zero-order valence-electron chi connectivity index (χ0n) is 12.6. The third-order valence-corrected chi connectivity index (χ3v) is 6.53. The minimum absolute atomic E-state index is 0.0754. The van der Waals surface area contributed by atoms with E-state index in [2.05, 4.69) is 0 Å². The number of carbonyl (C=O) groups excluding carboxylic acids is 1. The largest absolute Gasteiger partial charge is 0.233 e. The van der Waals surface area contributed by atoms with E-state index >= 15 is 0 Å². The van der Waals surface area contributed by atoms with Crippen molar-refractivity contribution in [3.63, 3.8) is 0 Å². The standard InChI is InChI=1S/C17H22O3S/c1-13-8-10-16(11-9-13)21(19,20)14(2)17(12-18)15-6-4-3-5-7-15/h8-11,14-15H,3-7H2,1-2H3. The fraction of sp³-hybridized carbons (Fsp3) is 0.529. The van der Waals surface area contributed by atoms with Gasteiger partial charge in [-0.1, -0.05) is 37.0 Å². The lowest BCUT2D eigenvalue weighted by Crippen LogP contribution is -2.26. The van der Waals surface area contributed by atoms with Crippen LogP contribution in [0.2, 0.25) is 0 Å². The molecule has 4 heteroatoms. The summed E-state index contributed by atoms with van der Waals surface area (Å²) in [6, 6.07) is 6.80.